The van der Waals surface area contributed by atoms with Gasteiger partial charge in [-0.1, -0.05) is 6.42 Å². The first-order chi connectivity index (χ1) is 8.29. The van der Waals surface area contributed by atoms with Crippen molar-refractivity contribution >= 4 is 5.82 Å². The van der Waals surface area contributed by atoms with E-state index in [9.17, 15) is 0 Å². The molecule has 1 aliphatic rings. The number of likely N-dealkylation sites (tertiary alicyclic amines) is 1. The average molecular weight is 234 g/mol. The highest BCUT2D eigenvalue weighted by atomic mass is 15.2. The number of hydrogen-bond acceptors (Lipinski definition) is 4. The maximum Gasteiger partial charge on any atom is 0.144 e. The molecule has 1 aliphatic heterocycles. The van der Waals surface area contributed by atoms with Crippen LogP contribution in [0.25, 0.3) is 0 Å². The zero-order chi connectivity index (χ0) is 12.1. The highest BCUT2D eigenvalue weighted by Crippen LogP contribution is 2.18. The van der Waals surface area contributed by atoms with Crippen molar-refractivity contribution in [2.45, 2.75) is 45.7 Å². The average Bonchev–Trinajstić information content (AvgIpc) is 2.35. The van der Waals surface area contributed by atoms with E-state index in [0.717, 1.165) is 24.6 Å². The van der Waals surface area contributed by atoms with Crippen LogP contribution in [0.15, 0.2) is 12.4 Å². The van der Waals surface area contributed by atoms with E-state index in [-0.39, 0.29) is 0 Å². The molecule has 0 spiro atoms. The number of anilines is 1. The smallest absolute Gasteiger partial charge is 0.144 e. The fraction of sp³-hybridized carbons (Fsp3) is 0.692. The standard InChI is InChI=1S/C13H22N4/c1-3-14-13-9-15-12(8-16-13)10-17-7-5-4-6-11(17)2/h8-9,11H,3-7,10H2,1-2H3,(H,14,16). The van der Waals surface area contributed by atoms with Crippen LogP contribution in [0.5, 0.6) is 0 Å². The predicted molar refractivity (Wildman–Crippen MR) is 69.9 cm³/mol. The summed E-state index contributed by atoms with van der Waals surface area (Å²) in [6.07, 6.45) is 7.70. The van der Waals surface area contributed by atoms with Crippen LogP contribution in [0, 0.1) is 0 Å². The highest BCUT2D eigenvalue weighted by molar-refractivity contribution is 5.30. The molecule has 1 atom stereocenters. The summed E-state index contributed by atoms with van der Waals surface area (Å²) in [7, 11) is 0. The molecule has 0 amide bonds. The molecule has 4 nitrogen and oxygen atoms in total. The van der Waals surface area contributed by atoms with Crippen molar-refractivity contribution in [1.82, 2.24) is 14.9 Å². The molecule has 1 N–H and O–H groups in total. The van der Waals surface area contributed by atoms with Crippen LogP contribution in [0.2, 0.25) is 0 Å². The van der Waals surface area contributed by atoms with Crippen molar-refractivity contribution < 1.29 is 0 Å². The molecule has 0 aliphatic carbocycles. The monoisotopic (exact) mass is 234 g/mol. The Bertz CT molecular complexity index is 336. The molecule has 94 valence electrons. The minimum atomic E-state index is 0.680. The van der Waals surface area contributed by atoms with E-state index in [1.54, 1.807) is 0 Å². The van der Waals surface area contributed by atoms with Crippen LogP contribution in [0.1, 0.15) is 38.8 Å². The Morgan fingerprint density at radius 2 is 2.24 bits per heavy atom. The fourth-order valence-electron chi connectivity index (χ4n) is 2.31. The van der Waals surface area contributed by atoms with Crippen molar-refractivity contribution in [3.63, 3.8) is 0 Å². The molecule has 2 rings (SSSR count). The summed E-state index contributed by atoms with van der Waals surface area (Å²) in [5.74, 6) is 0.864. The van der Waals surface area contributed by atoms with Crippen molar-refractivity contribution in [2.24, 2.45) is 0 Å². The van der Waals surface area contributed by atoms with Crippen LogP contribution in [0.3, 0.4) is 0 Å². The van der Waals surface area contributed by atoms with Gasteiger partial charge < -0.3 is 5.32 Å². The van der Waals surface area contributed by atoms with Crippen molar-refractivity contribution in [1.29, 1.82) is 0 Å². The SMILES string of the molecule is CCNc1cnc(CN2CCCCC2C)cn1. The number of piperidine rings is 1. The van der Waals surface area contributed by atoms with Crippen molar-refractivity contribution in [2.75, 3.05) is 18.4 Å². The summed E-state index contributed by atoms with van der Waals surface area (Å²) < 4.78 is 0. The zero-order valence-corrected chi connectivity index (χ0v) is 10.8. The lowest BCUT2D eigenvalue weighted by molar-refractivity contribution is 0.150. The number of nitrogens with zero attached hydrogens (tertiary/aromatic N) is 3. The molecule has 1 aromatic rings. The van der Waals surface area contributed by atoms with E-state index in [1.807, 2.05) is 12.4 Å². The van der Waals surface area contributed by atoms with Gasteiger partial charge in [-0.2, -0.15) is 0 Å². The van der Waals surface area contributed by atoms with Gasteiger partial charge in [-0.25, -0.2) is 4.98 Å². The third kappa shape index (κ3) is 3.40. The van der Waals surface area contributed by atoms with Gasteiger partial charge >= 0.3 is 0 Å². The molecular formula is C13H22N4. The number of hydrogen-bond donors (Lipinski definition) is 1. The number of aromatic nitrogens is 2. The van der Waals surface area contributed by atoms with Crippen molar-refractivity contribution in [3.05, 3.63) is 18.1 Å². The van der Waals surface area contributed by atoms with Gasteiger partial charge in [-0.05, 0) is 33.2 Å². The van der Waals surface area contributed by atoms with Gasteiger partial charge in [0.25, 0.3) is 0 Å². The summed E-state index contributed by atoms with van der Waals surface area (Å²) >= 11 is 0. The Labute approximate surface area is 103 Å². The lowest BCUT2D eigenvalue weighted by Crippen LogP contribution is -2.37. The quantitative estimate of drug-likeness (QED) is 0.867. The van der Waals surface area contributed by atoms with E-state index >= 15 is 0 Å². The van der Waals surface area contributed by atoms with Gasteiger partial charge in [0.15, 0.2) is 0 Å². The predicted octanol–water partition coefficient (Wildman–Crippen LogP) is 2.28. The molecule has 0 saturated carbocycles. The molecule has 1 fully saturated rings. The Morgan fingerprint density at radius 1 is 1.35 bits per heavy atom. The Kier molecular flexibility index (Phi) is 4.31. The first-order valence-electron chi connectivity index (χ1n) is 6.58. The van der Waals surface area contributed by atoms with E-state index < -0.39 is 0 Å². The first kappa shape index (κ1) is 12.3. The van der Waals surface area contributed by atoms with E-state index in [4.69, 9.17) is 0 Å². The molecule has 1 aromatic heterocycles. The highest BCUT2D eigenvalue weighted by Gasteiger charge is 2.18. The summed E-state index contributed by atoms with van der Waals surface area (Å²) in [5.41, 5.74) is 1.07. The molecule has 0 radical (unpaired) electrons. The van der Waals surface area contributed by atoms with Crippen LogP contribution in [-0.2, 0) is 6.54 Å². The first-order valence-corrected chi connectivity index (χ1v) is 6.58. The summed E-state index contributed by atoms with van der Waals surface area (Å²) in [5, 5.41) is 3.16. The summed E-state index contributed by atoms with van der Waals surface area (Å²) in [6, 6.07) is 0.680. The van der Waals surface area contributed by atoms with Crippen LogP contribution in [-0.4, -0.2) is 34.0 Å². The van der Waals surface area contributed by atoms with Crippen LogP contribution in [0.4, 0.5) is 5.82 Å². The second-order valence-corrected chi connectivity index (χ2v) is 4.74. The van der Waals surface area contributed by atoms with Gasteiger partial charge in [0, 0.05) is 19.1 Å². The molecule has 1 unspecified atom stereocenters. The van der Waals surface area contributed by atoms with E-state index in [0.29, 0.717) is 6.04 Å². The van der Waals surface area contributed by atoms with Crippen LogP contribution >= 0.6 is 0 Å². The molecule has 17 heavy (non-hydrogen) atoms. The maximum absolute atomic E-state index is 4.46. The minimum Gasteiger partial charge on any atom is -0.369 e. The van der Waals surface area contributed by atoms with E-state index in [1.165, 1.54) is 25.8 Å². The second kappa shape index (κ2) is 5.96. The number of rotatable bonds is 4. The molecule has 4 heteroatoms. The summed E-state index contributed by atoms with van der Waals surface area (Å²) in [4.78, 5) is 11.3. The molecule has 0 bridgehead atoms. The van der Waals surface area contributed by atoms with Gasteiger partial charge in [0.2, 0.25) is 0 Å². The second-order valence-electron chi connectivity index (χ2n) is 4.74. The maximum atomic E-state index is 4.46. The molecular weight excluding hydrogens is 212 g/mol. The Balaban J connectivity index is 1.93. The van der Waals surface area contributed by atoms with Gasteiger partial charge in [-0.15, -0.1) is 0 Å². The van der Waals surface area contributed by atoms with Gasteiger partial charge in [0.1, 0.15) is 5.82 Å². The lowest BCUT2D eigenvalue weighted by atomic mass is 10.0. The Morgan fingerprint density at radius 3 is 2.88 bits per heavy atom. The topological polar surface area (TPSA) is 41.1 Å². The van der Waals surface area contributed by atoms with E-state index in [2.05, 4.69) is 34.0 Å². The number of nitrogens with one attached hydrogen (secondary N) is 1. The molecule has 2 heterocycles. The van der Waals surface area contributed by atoms with Gasteiger partial charge in [-0.3, -0.25) is 9.88 Å². The third-order valence-electron chi connectivity index (χ3n) is 3.37. The zero-order valence-electron chi connectivity index (χ0n) is 10.8. The third-order valence-corrected chi connectivity index (χ3v) is 3.37. The van der Waals surface area contributed by atoms with Gasteiger partial charge in [0.05, 0.1) is 18.1 Å². The Hall–Kier alpha value is -1.16. The lowest BCUT2D eigenvalue weighted by Gasteiger charge is -2.32. The molecule has 1 saturated heterocycles. The minimum absolute atomic E-state index is 0.680. The van der Waals surface area contributed by atoms with Crippen molar-refractivity contribution in [3.8, 4) is 0 Å². The summed E-state index contributed by atoms with van der Waals surface area (Å²) in [6.45, 7) is 7.38. The van der Waals surface area contributed by atoms with Crippen LogP contribution < -0.4 is 5.32 Å². The normalized spacial score (nSPS) is 21.4. The fourth-order valence-corrected chi connectivity index (χ4v) is 2.31. The largest absolute Gasteiger partial charge is 0.369 e. The molecule has 0 aromatic carbocycles.